The fourth-order valence-electron chi connectivity index (χ4n) is 5.10. The van der Waals surface area contributed by atoms with Crippen molar-refractivity contribution in [2.45, 2.75) is 44.2 Å². The van der Waals surface area contributed by atoms with Gasteiger partial charge in [0.2, 0.25) is 17.7 Å². The summed E-state index contributed by atoms with van der Waals surface area (Å²) in [6, 6.07) is 4.73. The maximum atomic E-state index is 12.9. The number of benzene rings is 1. The molecule has 0 spiro atoms. The van der Waals surface area contributed by atoms with Crippen molar-refractivity contribution in [3.05, 3.63) is 34.2 Å². The van der Waals surface area contributed by atoms with Gasteiger partial charge in [-0.15, -0.1) is 0 Å². The largest absolute Gasteiger partial charge is 0.374 e. The summed E-state index contributed by atoms with van der Waals surface area (Å²) in [4.78, 5) is 51.3. The van der Waals surface area contributed by atoms with Gasteiger partial charge in [0.25, 0.3) is 0 Å². The number of carbonyl (C=O) groups is 3. The van der Waals surface area contributed by atoms with Gasteiger partial charge in [0.1, 0.15) is 6.04 Å². The van der Waals surface area contributed by atoms with Gasteiger partial charge in [-0.05, 0) is 56.0 Å². The molecule has 3 fully saturated rings. The van der Waals surface area contributed by atoms with Crippen LogP contribution < -0.4 is 16.3 Å². The van der Waals surface area contributed by atoms with Crippen LogP contribution in [0.4, 0.5) is 0 Å². The van der Waals surface area contributed by atoms with Gasteiger partial charge in [0.05, 0.1) is 30.2 Å². The Bertz CT molecular complexity index is 1170. The van der Waals surface area contributed by atoms with Crippen molar-refractivity contribution >= 4 is 28.8 Å². The predicted molar refractivity (Wildman–Crippen MR) is 124 cm³/mol. The zero-order valence-corrected chi connectivity index (χ0v) is 19.4. The summed E-state index contributed by atoms with van der Waals surface area (Å²) in [5.74, 6) is -0.132. The van der Waals surface area contributed by atoms with E-state index in [-0.39, 0.29) is 36.4 Å². The standard InChI is InChI=1S/C24H31N5O5/c1-27-20-10-16(2-3-18(20)29(24(27)33)19-4-5-21(30)26-23(19)32)11-22(31)28-12-17(13-28)34-14-15-6-8-25-9-7-15/h2-3,10,15,17,19,25H,4-9,11-14H2,1H3,(H,26,30,32). The number of fused-ring (bicyclic) bond motifs is 1. The minimum absolute atomic E-state index is 0.0377. The molecule has 2 aromatic rings. The zero-order chi connectivity index (χ0) is 23.8. The van der Waals surface area contributed by atoms with Gasteiger partial charge in [0, 0.05) is 26.6 Å². The maximum absolute atomic E-state index is 12.9. The fraction of sp³-hybridized carbons (Fsp3) is 0.583. The predicted octanol–water partition coefficient (Wildman–Crippen LogP) is 0.0872. The number of hydrogen-bond donors (Lipinski definition) is 2. The van der Waals surface area contributed by atoms with Crippen LogP contribution in [0.3, 0.4) is 0 Å². The lowest BCUT2D eigenvalue weighted by Crippen LogP contribution is -2.55. The summed E-state index contributed by atoms with van der Waals surface area (Å²) in [5, 5.41) is 5.67. The zero-order valence-electron chi connectivity index (χ0n) is 19.4. The number of piperidine rings is 2. The number of aromatic nitrogens is 2. The van der Waals surface area contributed by atoms with E-state index in [0.717, 1.165) is 38.1 Å². The van der Waals surface area contributed by atoms with Crippen molar-refractivity contribution in [1.29, 1.82) is 0 Å². The second-order valence-electron chi connectivity index (χ2n) is 9.63. The number of hydrogen-bond acceptors (Lipinski definition) is 6. The van der Waals surface area contributed by atoms with Crippen molar-refractivity contribution in [3.63, 3.8) is 0 Å². The number of likely N-dealkylation sites (tertiary alicyclic amines) is 1. The summed E-state index contributed by atoms with van der Waals surface area (Å²) in [5.41, 5.74) is 1.78. The van der Waals surface area contributed by atoms with E-state index in [9.17, 15) is 19.2 Å². The van der Waals surface area contributed by atoms with Crippen LogP contribution in [0.5, 0.6) is 0 Å². The molecule has 1 atom stereocenters. The molecular formula is C24H31N5O5. The molecule has 3 saturated heterocycles. The van der Waals surface area contributed by atoms with E-state index in [1.165, 1.54) is 9.13 Å². The quantitative estimate of drug-likeness (QED) is 0.580. The molecule has 1 unspecified atom stereocenters. The van der Waals surface area contributed by atoms with Crippen molar-refractivity contribution in [3.8, 4) is 0 Å². The molecular weight excluding hydrogens is 438 g/mol. The lowest BCUT2D eigenvalue weighted by molar-refractivity contribution is -0.145. The number of ether oxygens (including phenoxy) is 1. The molecule has 5 rings (SSSR count). The number of nitrogens with zero attached hydrogens (tertiary/aromatic N) is 3. The minimum Gasteiger partial charge on any atom is -0.374 e. The fourth-order valence-corrected chi connectivity index (χ4v) is 5.10. The molecule has 10 heteroatoms. The molecule has 34 heavy (non-hydrogen) atoms. The molecule has 3 amide bonds. The first kappa shape index (κ1) is 22.8. The van der Waals surface area contributed by atoms with Crippen LogP contribution in [-0.4, -0.2) is 70.6 Å². The number of imide groups is 1. The number of rotatable bonds is 6. The van der Waals surface area contributed by atoms with Gasteiger partial charge in [-0.2, -0.15) is 0 Å². The van der Waals surface area contributed by atoms with E-state index in [0.29, 0.717) is 36.5 Å². The van der Waals surface area contributed by atoms with Gasteiger partial charge in [-0.3, -0.25) is 28.8 Å². The summed E-state index contributed by atoms with van der Waals surface area (Å²) >= 11 is 0. The molecule has 0 radical (unpaired) electrons. The van der Waals surface area contributed by atoms with Crippen LogP contribution in [0.2, 0.25) is 0 Å². The third-order valence-corrected chi connectivity index (χ3v) is 7.26. The SMILES string of the molecule is Cn1c(=O)n(C2CCC(=O)NC2=O)c2ccc(CC(=O)N3CC(OCC4CCNCC4)C3)cc21. The van der Waals surface area contributed by atoms with E-state index >= 15 is 0 Å². The molecule has 1 aromatic carbocycles. The average molecular weight is 470 g/mol. The van der Waals surface area contributed by atoms with Crippen LogP contribution >= 0.6 is 0 Å². The van der Waals surface area contributed by atoms with Crippen LogP contribution in [0.1, 0.15) is 37.3 Å². The first-order valence-electron chi connectivity index (χ1n) is 12.0. The molecule has 0 saturated carbocycles. The Morgan fingerprint density at radius 2 is 1.85 bits per heavy atom. The van der Waals surface area contributed by atoms with E-state index < -0.39 is 11.9 Å². The Hall–Kier alpha value is -2.98. The normalized spacial score (nSPS) is 22.1. The molecule has 0 bridgehead atoms. The highest BCUT2D eigenvalue weighted by molar-refractivity contribution is 6.00. The first-order chi connectivity index (χ1) is 16.4. The number of imidazole rings is 1. The molecule has 10 nitrogen and oxygen atoms in total. The average Bonchev–Trinajstić information content (AvgIpc) is 3.03. The Balaban J connectivity index is 1.22. The smallest absolute Gasteiger partial charge is 0.329 e. The van der Waals surface area contributed by atoms with Crippen molar-refractivity contribution in [2.75, 3.05) is 32.8 Å². The van der Waals surface area contributed by atoms with Crippen LogP contribution in [0.15, 0.2) is 23.0 Å². The second-order valence-corrected chi connectivity index (χ2v) is 9.63. The van der Waals surface area contributed by atoms with Crippen molar-refractivity contribution in [1.82, 2.24) is 24.7 Å². The van der Waals surface area contributed by atoms with Crippen LogP contribution in [-0.2, 0) is 32.6 Å². The summed E-state index contributed by atoms with van der Waals surface area (Å²) in [6.45, 7) is 4.11. The van der Waals surface area contributed by atoms with E-state index in [1.54, 1.807) is 13.1 Å². The number of amides is 3. The second kappa shape index (κ2) is 9.34. The highest BCUT2D eigenvalue weighted by atomic mass is 16.5. The van der Waals surface area contributed by atoms with Gasteiger partial charge in [0.15, 0.2) is 0 Å². The third kappa shape index (κ3) is 4.39. The summed E-state index contributed by atoms with van der Waals surface area (Å²) in [7, 11) is 1.65. The molecule has 0 aliphatic carbocycles. The topological polar surface area (TPSA) is 115 Å². The summed E-state index contributed by atoms with van der Waals surface area (Å²) in [6.07, 6.45) is 3.14. The highest BCUT2D eigenvalue weighted by Crippen LogP contribution is 2.24. The molecule has 2 N–H and O–H groups in total. The number of carbonyl (C=O) groups excluding carboxylic acids is 3. The Morgan fingerprint density at radius 1 is 1.09 bits per heavy atom. The van der Waals surface area contributed by atoms with Gasteiger partial charge in [-0.1, -0.05) is 6.07 Å². The Morgan fingerprint density at radius 3 is 2.59 bits per heavy atom. The monoisotopic (exact) mass is 469 g/mol. The van der Waals surface area contributed by atoms with Gasteiger partial charge in [-0.25, -0.2) is 4.79 Å². The molecule has 3 aliphatic heterocycles. The van der Waals surface area contributed by atoms with Crippen molar-refractivity contribution < 1.29 is 19.1 Å². The minimum atomic E-state index is -0.718. The molecule has 4 heterocycles. The highest BCUT2D eigenvalue weighted by Gasteiger charge is 2.33. The van der Waals surface area contributed by atoms with E-state index in [4.69, 9.17) is 4.74 Å². The lowest BCUT2D eigenvalue weighted by atomic mass is 9.99. The van der Waals surface area contributed by atoms with E-state index in [1.807, 2.05) is 17.0 Å². The summed E-state index contributed by atoms with van der Waals surface area (Å²) < 4.78 is 8.93. The third-order valence-electron chi connectivity index (χ3n) is 7.26. The molecule has 182 valence electrons. The first-order valence-corrected chi connectivity index (χ1v) is 12.0. The van der Waals surface area contributed by atoms with E-state index in [2.05, 4.69) is 10.6 Å². The van der Waals surface area contributed by atoms with Crippen LogP contribution in [0.25, 0.3) is 11.0 Å². The Kier molecular flexibility index (Phi) is 6.26. The lowest BCUT2D eigenvalue weighted by Gasteiger charge is -2.40. The molecule has 3 aliphatic rings. The van der Waals surface area contributed by atoms with Crippen molar-refractivity contribution in [2.24, 2.45) is 13.0 Å². The Labute approximate surface area is 197 Å². The van der Waals surface area contributed by atoms with Gasteiger partial charge < -0.3 is 15.0 Å². The number of nitrogens with one attached hydrogen (secondary N) is 2. The van der Waals surface area contributed by atoms with Crippen LogP contribution in [0, 0.1) is 5.92 Å². The number of aryl methyl sites for hydroxylation is 1. The van der Waals surface area contributed by atoms with Gasteiger partial charge >= 0.3 is 5.69 Å². The molecule has 1 aromatic heterocycles. The maximum Gasteiger partial charge on any atom is 0.329 e.